The van der Waals surface area contributed by atoms with Crippen LogP contribution in [0.15, 0.2) is 48.5 Å². The van der Waals surface area contributed by atoms with E-state index in [2.05, 4.69) is 16.7 Å². The van der Waals surface area contributed by atoms with Crippen molar-refractivity contribution in [2.45, 2.75) is 19.8 Å². The number of hydrogen-bond donors (Lipinski definition) is 0. The molecule has 2 aliphatic rings. The summed E-state index contributed by atoms with van der Waals surface area (Å²) in [6.07, 6.45) is 1.43. The van der Waals surface area contributed by atoms with Gasteiger partial charge in [-0.15, -0.1) is 0 Å². The smallest absolute Gasteiger partial charge is 0.253 e. The fraction of sp³-hybridized carbons (Fsp3) is 0.400. The molecule has 166 valence electrons. The summed E-state index contributed by atoms with van der Waals surface area (Å²) < 4.78 is 7.45. The molecule has 2 saturated heterocycles. The molecule has 2 amide bonds. The van der Waals surface area contributed by atoms with Crippen LogP contribution in [0.3, 0.4) is 0 Å². The van der Waals surface area contributed by atoms with Crippen LogP contribution < -0.4 is 0 Å². The summed E-state index contributed by atoms with van der Waals surface area (Å²) >= 11 is 0. The zero-order valence-electron chi connectivity index (χ0n) is 18.4. The Bertz CT molecular complexity index is 1130. The molecule has 0 saturated carbocycles. The second-order valence-electron chi connectivity index (χ2n) is 8.54. The standard InChI is InChI=1S/C25H28N4O3/c1-18-26-22-17-20(7-8-23(22)29(18)21-5-3-2-4-6-21)25(31)27-11-9-19(10-12-27)24(30)28-13-15-32-16-14-28/h2-8,17,19H,9-16H2,1H3. The first-order chi connectivity index (χ1) is 15.6. The monoisotopic (exact) mass is 432 g/mol. The fourth-order valence-corrected chi connectivity index (χ4v) is 4.79. The molecular formula is C25H28N4O3. The molecule has 2 aliphatic heterocycles. The van der Waals surface area contributed by atoms with E-state index >= 15 is 0 Å². The third-order valence-corrected chi connectivity index (χ3v) is 6.54. The van der Waals surface area contributed by atoms with Gasteiger partial charge in [-0.3, -0.25) is 14.2 Å². The van der Waals surface area contributed by atoms with Crippen LogP contribution in [0, 0.1) is 12.8 Å². The van der Waals surface area contributed by atoms with Crippen molar-refractivity contribution in [1.29, 1.82) is 0 Å². The quantitative estimate of drug-likeness (QED) is 0.638. The van der Waals surface area contributed by atoms with E-state index in [0.29, 0.717) is 57.8 Å². The Kier molecular flexibility index (Phi) is 5.66. The van der Waals surface area contributed by atoms with Crippen molar-refractivity contribution in [2.24, 2.45) is 5.92 Å². The van der Waals surface area contributed by atoms with Crippen molar-refractivity contribution in [1.82, 2.24) is 19.4 Å². The molecule has 7 heteroatoms. The molecule has 32 heavy (non-hydrogen) atoms. The van der Waals surface area contributed by atoms with E-state index in [1.165, 1.54) is 0 Å². The van der Waals surface area contributed by atoms with Gasteiger partial charge in [-0.05, 0) is 50.1 Å². The Morgan fingerprint density at radius 2 is 1.66 bits per heavy atom. The first kappa shape index (κ1) is 20.7. The van der Waals surface area contributed by atoms with Crippen LogP contribution in [0.4, 0.5) is 0 Å². The molecule has 2 aromatic carbocycles. The van der Waals surface area contributed by atoms with Gasteiger partial charge in [0.25, 0.3) is 5.91 Å². The summed E-state index contributed by atoms with van der Waals surface area (Å²) in [5, 5.41) is 0. The van der Waals surface area contributed by atoms with E-state index in [0.717, 1.165) is 22.5 Å². The number of fused-ring (bicyclic) bond motifs is 1. The Balaban J connectivity index is 1.29. The SMILES string of the molecule is Cc1nc2cc(C(=O)N3CCC(C(=O)N4CCOCC4)CC3)ccc2n1-c1ccccc1. The van der Waals surface area contributed by atoms with E-state index in [1.807, 2.05) is 53.1 Å². The number of aromatic nitrogens is 2. The lowest BCUT2D eigenvalue weighted by atomic mass is 9.94. The number of carbonyl (C=O) groups excluding carboxylic acids is 2. The van der Waals surface area contributed by atoms with E-state index in [9.17, 15) is 9.59 Å². The predicted molar refractivity (Wildman–Crippen MR) is 122 cm³/mol. The molecular weight excluding hydrogens is 404 g/mol. The minimum atomic E-state index is 0.00357. The maximum absolute atomic E-state index is 13.2. The molecule has 3 aromatic rings. The summed E-state index contributed by atoms with van der Waals surface area (Å²) in [7, 11) is 0. The minimum absolute atomic E-state index is 0.00357. The lowest BCUT2D eigenvalue weighted by molar-refractivity contribution is -0.141. The highest BCUT2D eigenvalue weighted by Crippen LogP contribution is 2.25. The average Bonchev–Trinajstić information content (AvgIpc) is 3.19. The molecule has 0 bridgehead atoms. The van der Waals surface area contributed by atoms with Gasteiger partial charge in [-0.25, -0.2) is 4.98 Å². The van der Waals surface area contributed by atoms with Gasteiger partial charge >= 0.3 is 0 Å². The molecule has 0 atom stereocenters. The van der Waals surface area contributed by atoms with Crippen LogP contribution in [0.1, 0.15) is 29.0 Å². The first-order valence-corrected chi connectivity index (χ1v) is 11.3. The number of carbonyl (C=O) groups is 2. The van der Waals surface area contributed by atoms with Crippen LogP contribution in [0.25, 0.3) is 16.7 Å². The number of likely N-dealkylation sites (tertiary alicyclic amines) is 1. The Morgan fingerprint density at radius 3 is 2.38 bits per heavy atom. The molecule has 5 rings (SSSR count). The lowest BCUT2D eigenvalue weighted by Crippen LogP contribution is -2.47. The number of amides is 2. The molecule has 2 fully saturated rings. The van der Waals surface area contributed by atoms with E-state index in [1.54, 1.807) is 0 Å². The van der Waals surface area contributed by atoms with Gasteiger partial charge in [0.1, 0.15) is 5.82 Å². The highest BCUT2D eigenvalue weighted by atomic mass is 16.5. The van der Waals surface area contributed by atoms with Gasteiger partial charge in [0.05, 0.1) is 24.2 Å². The number of ether oxygens (including phenoxy) is 1. The van der Waals surface area contributed by atoms with Crippen molar-refractivity contribution in [3.63, 3.8) is 0 Å². The van der Waals surface area contributed by atoms with Crippen molar-refractivity contribution >= 4 is 22.8 Å². The summed E-state index contributed by atoms with van der Waals surface area (Å²) in [6.45, 7) is 5.77. The molecule has 0 aliphatic carbocycles. The number of rotatable bonds is 3. The zero-order valence-corrected chi connectivity index (χ0v) is 18.4. The van der Waals surface area contributed by atoms with Crippen molar-refractivity contribution in [2.75, 3.05) is 39.4 Å². The molecule has 0 N–H and O–H groups in total. The summed E-state index contributed by atoms with van der Waals surface area (Å²) in [4.78, 5) is 34.4. The van der Waals surface area contributed by atoms with Crippen LogP contribution in [0.2, 0.25) is 0 Å². The minimum Gasteiger partial charge on any atom is -0.378 e. The fourth-order valence-electron chi connectivity index (χ4n) is 4.79. The van der Waals surface area contributed by atoms with E-state index in [4.69, 9.17) is 9.72 Å². The van der Waals surface area contributed by atoms with Gasteiger partial charge in [-0.1, -0.05) is 18.2 Å². The van der Waals surface area contributed by atoms with Crippen LogP contribution in [-0.2, 0) is 9.53 Å². The van der Waals surface area contributed by atoms with Crippen molar-refractivity contribution in [3.8, 4) is 5.69 Å². The normalized spacial score (nSPS) is 17.7. The number of morpholine rings is 1. The van der Waals surface area contributed by atoms with Crippen LogP contribution in [0.5, 0.6) is 0 Å². The summed E-state index contributed by atoms with van der Waals surface area (Å²) in [5.41, 5.74) is 3.50. The third kappa shape index (κ3) is 3.88. The topological polar surface area (TPSA) is 67.7 Å². The third-order valence-electron chi connectivity index (χ3n) is 6.54. The summed E-state index contributed by atoms with van der Waals surface area (Å²) in [6, 6.07) is 15.9. The summed E-state index contributed by atoms with van der Waals surface area (Å²) in [5.74, 6) is 1.11. The molecule has 0 unspecified atom stereocenters. The van der Waals surface area contributed by atoms with Gasteiger partial charge in [0.2, 0.25) is 5.91 Å². The van der Waals surface area contributed by atoms with Crippen molar-refractivity contribution < 1.29 is 14.3 Å². The van der Waals surface area contributed by atoms with Gasteiger partial charge in [0.15, 0.2) is 0 Å². The molecule has 0 spiro atoms. The number of aryl methyl sites for hydroxylation is 1. The second-order valence-corrected chi connectivity index (χ2v) is 8.54. The lowest BCUT2D eigenvalue weighted by Gasteiger charge is -2.35. The largest absolute Gasteiger partial charge is 0.378 e. The van der Waals surface area contributed by atoms with Crippen LogP contribution in [-0.4, -0.2) is 70.6 Å². The second kappa shape index (κ2) is 8.74. The maximum Gasteiger partial charge on any atom is 0.253 e. The Morgan fingerprint density at radius 1 is 0.938 bits per heavy atom. The van der Waals surface area contributed by atoms with Crippen LogP contribution >= 0.6 is 0 Å². The zero-order chi connectivity index (χ0) is 22.1. The number of para-hydroxylation sites is 1. The number of imidazole rings is 1. The van der Waals surface area contributed by atoms with Crippen molar-refractivity contribution in [3.05, 3.63) is 59.9 Å². The molecule has 1 aromatic heterocycles. The molecule has 3 heterocycles. The maximum atomic E-state index is 13.2. The predicted octanol–water partition coefficient (Wildman–Crippen LogP) is 3.04. The number of hydrogen-bond acceptors (Lipinski definition) is 4. The first-order valence-electron chi connectivity index (χ1n) is 11.3. The number of nitrogens with zero attached hydrogens (tertiary/aromatic N) is 4. The molecule has 0 radical (unpaired) electrons. The van der Waals surface area contributed by atoms with Gasteiger partial charge in [-0.2, -0.15) is 0 Å². The Hall–Kier alpha value is -3.19. The number of benzene rings is 2. The van der Waals surface area contributed by atoms with E-state index < -0.39 is 0 Å². The van der Waals surface area contributed by atoms with Gasteiger partial charge in [0, 0.05) is 43.3 Å². The highest BCUT2D eigenvalue weighted by Gasteiger charge is 2.31. The highest BCUT2D eigenvalue weighted by molar-refractivity contribution is 5.98. The Labute approximate surface area is 187 Å². The number of piperidine rings is 1. The van der Waals surface area contributed by atoms with Gasteiger partial charge < -0.3 is 14.5 Å². The average molecular weight is 433 g/mol. The molecule has 7 nitrogen and oxygen atoms in total. The van der Waals surface area contributed by atoms with E-state index in [-0.39, 0.29) is 17.7 Å².